The van der Waals surface area contributed by atoms with Crippen LogP contribution >= 0.6 is 0 Å². The van der Waals surface area contributed by atoms with Crippen molar-refractivity contribution in [1.29, 1.82) is 0 Å². The molecule has 2 bridgehead atoms. The van der Waals surface area contributed by atoms with E-state index in [1.165, 1.54) is 24.3 Å². The lowest BCUT2D eigenvalue weighted by Gasteiger charge is -2.47. The standard InChI is InChI=1S/C53H59F10N11O7/c1-50(2,52(58,59)60)42(68-49(79)80)45(77)66-40(17-29-8-5-28(6-9-29)7-10-30-20-64-48(65-21-30)71-22-33-13-14-34(23-71)74(33)35-26-81-27-35)41(75)25-72(70-46(78)43(51(3,4)53(61,62)63)67-44(76)31-11-12-31)24-36-37(54)18-32(19-38(36)55)39-15-16-73(69-39)47(56)57/h5-6,8-9,15-16,18-21,31,33-35,40-43,47,68,75H,11-14,17,22-27H2,1-4H3,(H,66,77)(H,67,76)(H,70,78)(H,79,80). The molecule has 1 saturated carbocycles. The number of ether oxygens (including phenoxy) is 1. The smallest absolute Gasteiger partial charge is 0.405 e. The van der Waals surface area contributed by atoms with Crippen LogP contribution in [0, 0.1) is 40.2 Å². The van der Waals surface area contributed by atoms with Crippen LogP contribution in [0.4, 0.5) is 54.6 Å². The van der Waals surface area contributed by atoms with Crippen LogP contribution in [0.25, 0.3) is 11.3 Å². The van der Waals surface area contributed by atoms with Crippen LogP contribution < -0.4 is 26.3 Å². The Morgan fingerprint density at radius 2 is 1.35 bits per heavy atom. The maximum atomic E-state index is 16.1. The number of fused-ring (bicyclic) bond motifs is 2. The number of aliphatic hydroxyl groups is 1. The first kappa shape index (κ1) is 60.0. The molecule has 2 aromatic heterocycles. The van der Waals surface area contributed by atoms with Gasteiger partial charge in [0.05, 0.1) is 53.5 Å². The second-order valence-corrected chi connectivity index (χ2v) is 21.8. The third-order valence-electron chi connectivity index (χ3n) is 15.3. The van der Waals surface area contributed by atoms with E-state index in [2.05, 4.69) is 52.8 Å². The molecule has 8 rings (SSSR count). The number of nitrogens with one attached hydrogen (secondary N) is 4. The molecule has 3 saturated heterocycles. The van der Waals surface area contributed by atoms with Crippen LogP contribution in [-0.4, -0.2) is 151 Å². The van der Waals surface area contributed by atoms with Crippen molar-refractivity contribution < 1.29 is 78.0 Å². The summed E-state index contributed by atoms with van der Waals surface area (Å²) in [6, 6.07) is 2.71. The number of carbonyl (C=O) groups excluding carboxylic acids is 3. The van der Waals surface area contributed by atoms with Crippen molar-refractivity contribution in [2.75, 3.05) is 37.7 Å². The second kappa shape index (κ2) is 23.8. The Balaban J connectivity index is 1.07. The number of anilines is 1. The van der Waals surface area contributed by atoms with Crippen molar-refractivity contribution in [1.82, 2.24) is 51.0 Å². The number of halogens is 10. The van der Waals surface area contributed by atoms with E-state index in [0.29, 0.717) is 92.9 Å². The zero-order valence-electron chi connectivity index (χ0n) is 44.1. The molecule has 438 valence electrons. The molecule has 6 N–H and O–H groups in total. The van der Waals surface area contributed by atoms with Crippen LogP contribution in [0.5, 0.6) is 0 Å². The van der Waals surface area contributed by atoms with E-state index in [9.17, 15) is 64.5 Å². The maximum absolute atomic E-state index is 16.1. The van der Waals surface area contributed by atoms with Crippen LogP contribution in [0.1, 0.15) is 82.2 Å². The number of benzene rings is 2. The Kier molecular flexibility index (Phi) is 17.6. The van der Waals surface area contributed by atoms with Crippen molar-refractivity contribution >= 4 is 29.8 Å². The predicted octanol–water partition coefficient (Wildman–Crippen LogP) is 6.09. The minimum Gasteiger partial charge on any atom is -0.465 e. The third-order valence-corrected chi connectivity index (χ3v) is 15.3. The molecule has 4 fully saturated rings. The van der Waals surface area contributed by atoms with Crippen LogP contribution in [0.15, 0.2) is 61.1 Å². The number of amides is 4. The number of nitrogens with zero attached hydrogens (tertiary/aromatic N) is 7. The van der Waals surface area contributed by atoms with E-state index in [1.807, 2.05) is 0 Å². The summed E-state index contributed by atoms with van der Waals surface area (Å²) in [6.45, 7) is -0.0729. The van der Waals surface area contributed by atoms with Gasteiger partial charge in [0.15, 0.2) is 0 Å². The molecule has 6 unspecified atom stereocenters. The van der Waals surface area contributed by atoms with Crippen LogP contribution in [0.2, 0.25) is 0 Å². The highest BCUT2D eigenvalue weighted by molar-refractivity contribution is 5.90. The highest BCUT2D eigenvalue weighted by Gasteiger charge is 2.57. The summed E-state index contributed by atoms with van der Waals surface area (Å²) in [4.78, 5) is 66.7. The van der Waals surface area contributed by atoms with Crippen molar-refractivity contribution in [2.24, 2.45) is 16.7 Å². The highest BCUT2D eigenvalue weighted by atomic mass is 19.4. The number of carboxylic acid groups (broad SMARTS) is 1. The van der Waals surface area contributed by atoms with Gasteiger partial charge in [0, 0.05) is 79.5 Å². The van der Waals surface area contributed by atoms with Gasteiger partial charge in [-0.2, -0.15) is 40.2 Å². The predicted molar refractivity (Wildman–Crippen MR) is 268 cm³/mol. The van der Waals surface area contributed by atoms with Crippen molar-refractivity contribution in [3.8, 4) is 23.1 Å². The Morgan fingerprint density at radius 3 is 1.85 bits per heavy atom. The Hall–Kier alpha value is -7.09. The van der Waals surface area contributed by atoms with Gasteiger partial charge in [-0.1, -0.05) is 24.0 Å². The number of rotatable bonds is 20. The third kappa shape index (κ3) is 13.8. The van der Waals surface area contributed by atoms with Gasteiger partial charge in [0.2, 0.25) is 17.8 Å². The Morgan fingerprint density at radius 1 is 0.778 bits per heavy atom. The second-order valence-electron chi connectivity index (χ2n) is 21.8. The number of aliphatic hydroxyl groups excluding tert-OH is 1. The van der Waals surface area contributed by atoms with E-state index in [0.717, 1.165) is 51.4 Å². The lowest BCUT2D eigenvalue weighted by Crippen LogP contribution is -2.63. The fraction of sp³-hybridized carbons (Fsp3) is 0.528. The van der Waals surface area contributed by atoms with Gasteiger partial charge >= 0.3 is 25.0 Å². The van der Waals surface area contributed by atoms with Crippen molar-refractivity contribution in [2.45, 2.75) is 128 Å². The van der Waals surface area contributed by atoms with Gasteiger partial charge in [0.1, 0.15) is 23.7 Å². The van der Waals surface area contributed by atoms with E-state index >= 15 is 8.78 Å². The molecule has 6 atom stereocenters. The highest BCUT2D eigenvalue weighted by Crippen LogP contribution is 2.43. The number of alkyl halides is 8. The first-order valence-electron chi connectivity index (χ1n) is 25.8. The minimum absolute atomic E-state index is 0.203. The SMILES string of the molecule is CC(C)(C(NC(=O)O)C(=O)NC(Cc1ccc(C#Cc2cnc(N3CC4CCC(C3)N4C3COC3)nc2)cc1)C(O)CN(Cc1c(F)cc(-c2ccn(C(F)F)n2)cc1F)NC(=O)C(NC(=O)C1CC1)C(C)(C)C(F)(F)F)C(F)(F)F. The number of carbonyl (C=O) groups is 4. The number of hydrazine groups is 1. The molecule has 28 heteroatoms. The van der Waals surface area contributed by atoms with E-state index < -0.39 is 120 Å². The molecule has 0 spiro atoms. The molecule has 0 radical (unpaired) electrons. The first-order valence-corrected chi connectivity index (χ1v) is 25.8. The molecule has 4 aliphatic rings. The number of aromatic nitrogens is 4. The molecule has 4 amide bonds. The molecular formula is C53H59F10N11O7. The lowest BCUT2D eigenvalue weighted by molar-refractivity contribution is -0.222. The lowest BCUT2D eigenvalue weighted by atomic mass is 9.82. The van der Waals surface area contributed by atoms with Crippen molar-refractivity contribution in [3.63, 3.8) is 0 Å². The minimum atomic E-state index is -5.22. The zero-order valence-corrected chi connectivity index (χ0v) is 44.1. The van der Waals surface area contributed by atoms with Crippen molar-refractivity contribution in [3.05, 3.63) is 94.9 Å². The average molecular weight is 1150 g/mol. The maximum Gasteiger partial charge on any atom is 0.405 e. The molecule has 2 aromatic carbocycles. The van der Waals surface area contributed by atoms with Gasteiger partial charge in [-0.3, -0.25) is 24.7 Å². The fourth-order valence-corrected chi connectivity index (χ4v) is 9.93. The summed E-state index contributed by atoms with van der Waals surface area (Å²) in [6.07, 6.45) is -8.35. The van der Waals surface area contributed by atoms with Gasteiger partial charge in [-0.25, -0.2) is 33.2 Å². The van der Waals surface area contributed by atoms with Gasteiger partial charge < -0.3 is 35.8 Å². The summed E-state index contributed by atoms with van der Waals surface area (Å²) in [7, 11) is 0. The molecule has 5 heterocycles. The molecule has 18 nitrogen and oxygen atoms in total. The average Bonchev–Trinajstić information content (AvgIpc) is 4.07. The van der Waals surface area contributed by atoms with Gasteiger partial charge in [-0.15, -0.1) is 0 Å². The number of piperazine rings is 1. The topological polar surface area (TPSA) is 219 Å². The zero-order chi connectivity index (χ0) is 58.9. The largest absolute Gasteiger partial charge is 0.465 e. The summed E-state index contributed by atoms with van der Waals surface area (Å²) >= 11 is 0. The molecule has 3 aliphatic heterocycles. The van der Waals surface area contributed by atoms with Gasteiger partial charge in [-0.05, 0) is 95.7 Å². The molecule has 4 aromatic rings. The summed E-state index contributed by atoms with van der Waals surface area (Å²) in [5, 5.41) is 31.6. The van der Waals surface area contributed by atoms with E-state index in [4.69, 9.17) is 4.74 Å². The summed E-state index contributed by atoms with van der Waals surface area (Å²) in [5.41, 5.74) is -4.48. The molecular weight excluding hydrogens is 1090 g/mol. The normalized spacial score (nSPS) is 19.5. The van der Waals surface area contributed by atoms with Crippen LogP contribution in [-0.2, 0) is 32.1 Å². The molecule has 1 aliphatic carbocycles. The quantitative estimate of drug-likeness (QED) is 0.0336. The fourth-order valence-electron chi connectivity index (χ4n) is 9.93. The van der Waals surface area contributed by atoms with E-state index in [1.54, 1.807) is 17.7 Å². The summed E-state index contributed by atoms with van der Waals surface area (Å²) < 4.78 is 152. The van der Waals surface area contributed by atoms with E-state index in [-0.39, 0.29) is 21.5 Å². The van der Waals surface area contributed by atoms with Gasteiger partial charge in [0.25, 0.3) is 5.91 Å². The summed E-state index contributed by atoms with van der Waals surface area (Å²) in [5.74, 6) is -1.19. The first-order chi connectivity index (χ1) is 38.0. The molecule has 81 heavy (non-hydrogen) atoms. The Labute approximate surface area is 457 Å². The van der Waals surface area contributed by atoms with Crippen LogP contribution in [0.3, 0.4) is 0 Å². The monoisotopic (exact) mass is 1150 g/mol. The Bertz CT molecular complexity index is 2960. The number of hydrogen-bond acceptors (Lipinski definition) is 12. The number of hydrogen-bond donors (Lipinski definition) is 6.